The van der Waals surface area contributed by atoms with Gasteiger partial charge in [0.15, 0.2) is 5.13 Å². The Morgan fingerprint density at radius 3 is 2.41 bits per heavy atom. The van der Waals surface area contributed by atoms with Crippen molar-refractivity contribution in [1.82, 2.24) is 9.88 Å². The molecule has 2 aromatic carbocycles. The van der Waals surface area contributed by atoms with Crippen LogP contribution in [0.5, 0.6) is 5.75 Å². The zero-order valence-corrected chi connectivity index (χ0v) is 19.9. The van der Waals surface area contributed by atoms with E-state index < -0.39 is 0 Å². The number of nitrogens with zero attached hydrogens (tertiary/aromatic N) is 3. The number of carbonyl (C=O) groups is 1. The van der Waals surface area contributed by atoms with E-state index in [1.165, 1.54) is 11.3 Å². The number of anilines is 1. The third-order valence-corrected chi connectivity index (χ3v) is 6.27. The molecule has 1 aromatic heterocycles. The first-order valence-corrected chi connectivity index (χ1v) is 10.9. The van der Waals surface area contributed by atoms with Crippen LogP contribution >= 0.6 is 39.7 Å². The van der Waals surface area contributed by atoms with Gasteiger partial charge in [-0.15, -0.1) is 12.4 Å². The molecule has 0 bridgehead atoms. The lowest BCUT2D eigenvalue weighted by molar-refractivity contribution is 0.0984. The first-order chi connectivity index (χ1) is 13.5. The van der Waals surface area contributed by atoms with Crippen LogP contribution in [0.1, 0.15) is 24.2 Å². The third-order valence-electron chi connectivity index (χ3n) is 4.68. The van der Waals surface area contributed by atoms with Crippen LogP contribution in [0.4, 0.5) is 5.13 Å². The minimum atomic E-state index is -0.0364. The molecule has 0 atom stereocenters. The SMILES string of the molecule is CCN(CC)CCN(C(=O)c1ccc(Br)cc1)c1nc2cc(OC)ccc2s1.Cl. The van der Waals surface area contributed by atoms with Crippen LogP contribution in [0.15, 0.2) is 46.9 Å². The molecule has 8 heteroatoms. The van der Waals surface area contributed by atoms with E-state index in [4.69, 9.17) is 9.72 Å². The Morgan fingerprint density at radius 1 is 1.10 bits per heavy atom. The Bertz CT molecular complexity index is 945. The summed E-state index contributed by atoms with van der Waals surface area (Å²) in [5.74, 6) is 0.726. The summed E-state index contributed by atoms with van der Waals surface area (Å²) in [5, 5.41) is 0.711. The highest BCUT2D eigenvalue weighted by Crippen LogP contribution is 2.32. The van der Waals surface area contributed by atoms with E-state index in [2.05, 4.69) is 34.7 Å². The maximum Gasteiger partial charge on any atom is 0.260 e. The summed E-state index contributed by atoms with van der Waals surface area (Å²) in [7, 11) is 1.64. The van der Waals surface area contributed by atoms with Crippen molar-refractivity contribution < 1.29 is 9.53 Å². The smallest absolute Gasteiger partial charge is 0.260 e. The van der Waals surface area contributed by atoms with E-state index in [1.807, 2.05) is 42.5 Å². The first kappa shape index (κ1) is 23.6. The molecule has 0 saturated carbocycles. The van der Waals surface area contributed by atoms with E-state index in [9.17, 15) is 4.79 Å². The minimum Gasteiger partial charge on any atom is -0.497 e. The number of benzene rings is 2. The number of rotatable bonds is 8. The average molecular weight is 499 g/mol. The quantitative estimate of drug-likeness (QED) is 0.413. The topological polar surface area (TPSA) is 45.7 Å². The van der Waals surface area contributed by atoms with Gasteiger partial charge in [0.1, 0.15) is 5.75 Å². The van der Waals surface area contributed by atoms with E-state index in [0.29, 0.717) is 17.2 Å². The minimum absolute atomic E-state index is 0. The van der Waals surface area contributed by atoms with Gasteiger partial charge in [0.25, 0.3) is 5.91 Å². The standard InChI is InChI=1S/C21H24BrN3O2S.ClH/c1-4-24(5-2)12-13-25(20(26)15-6-8-16(22)9-7-15)21-23-18-14-17(27-3)10-11-19(18)28-21;/h6-11,14H,4-5,12-13H2,1-3H3;1H. The second-order valence-electron chi connectivity index (χ2n) is 6.32. The Kier molecular flexibility index (Phi) is 8.89. The van der Waals surface area contributed by atoms with Gasteiger partial charge in [-0.25, -0.2) is 4.98 Å². The Morgan fingerprint density at radius 2 is 1.79 bits per heavy atom. The molecule has 0 radical (unpaired) electrons. The molecule has 0 fully saturated rings. The van der Waals surface area contributed by atoms with Crippen LogP contribution in [-0.4, -0.2) is 49.1 Å². The van der Waals surface area contributed by atoms with Crippen molar-refractivity contribution in [3.63, 3.8) is 0 Å². The second kappa shape index (κ2) is 10.9. The molecular weight excluding hydrogens is 474 g/mol. The first-order valence-electron chi connectivity index (χ1n) is 9.30. The number of ether oxygens (including phenoxy) is 1. The summed E-state index contributed by atoms with van der Waals surface area (Å²) < 4.78 is 7.29. The number of methoxy groups -OCH3 is 1. The van der Waals surface area contributed by atoms with Crippen LogP contribution in [0.3, 0.4) is 0 Å². The summed E-state index contributed by atoms with van der Waals surface area (Å²) in [6.45, 7) is 7.56. The number of hydrogen-bond donors (Lipinski definition) is 0. The maximum atomic E-state index is 13.3. The molecule has 0 unspecified atom stereocenters. The van der Waals surface area contributed by atoms with Gasteiger partial charge < -0.3 is 9.64 Å². The molecule has 3 aromatic rings. The number of likely N-dealkylation sites (N-methyl/N-ethyl adjacent to an activating group) is 1. The molecule has 1 heterocycles. The number of aromatic nitrogens is 1. The molecule has 5 nitrogen and oxygen atoms in total. The molecule has 0 spiro atoms. The van der Waals surface area contributed by atoms with Crippen molar-refractivity contribution in [2.75, 3.05) is 38.2 Å². The van der Waals surface area contributed by atoms with Crippen molar-refractivity contribution in [3.8, 4) is 5.75 Å². The second-order valence-corrected chi connectivity index (χ2v) is 8.25. The van der Waals surface area contributed by atoms with Gasteiger partial charge in [0.2, 0.25) is 0 Å². The van der Waals surface area contributed by atoms with Crippen LogP contribution in [0, 0.1) is 0 Å². The molecule has 0 aliphatic carbocycles. The largest absolute Gasteiger partial charge is 0.497 e. The average Bonchev–Trinajstić information content (AvgIpc) is 3.14. The third kappa shape index (κ3) is 5.69. The van der Waals surface area contributed by atoms with Gasteiger partial charge in [-0.2, -0.15) is 0 Å². The molecule has 0 aliphatic rings. The monoisotopic (exact) mass is 497 g/mol. The molecule has 0 saturated heterocycles. The van der Waals surface area contributed by atoms with E-state index >= 15 is 0 Å². The van der Waals surface area contributed by atoms with Crippen molar-refractivity contribution in [2.45, 2.75) is 13.8 Å². The lowest BCUT2D eigenvalue weighted by Gasteiger charge is -2.24. The van der Waals surface area contributed by atoms with Gasteiger partial charge in [-0.3, -0.25) is 9.69 Å². The summed E-state index contributed by atoms with van der Waals surface area (Å²) in [4.78, 5) is 22.1. The normalized spacial score (nSPS) is 10.8. The lowest BCUT2D eigenvalue weighted by Crippen LogP contribution is -2.38. The van der Waals surface area contributed by atoms with Gasteiger partial charge in [-0.05, 0) is 49.5 Å². The van der Waals surface area contributed by atoms with Crippen LogP contribution in [0.25, 0.3) is 10.2 Å². The summed E-state index contributed by atoms with van der Waals surface area (Å²) in [6.07, 6.45) is 0. The lowest BCUT2D eigenvalue weighted by atomic mass is 10.2. The van der Waals surface area contributed by atoms with Crippen molar-refractivity contribution >= 4 is 60.9 Å². The van der Waals surface area contributed by atoms with Crippen molar-refractivity contribution in [1.29, 1.82) is 0 Å². The summed E-state index contributed by atoms with van der Waals surface area (Å²) in [6, 6.07) is 13.3. The fourth-order valence-electron chi connectivity index (χ4n) is 2.95. The number of amides is 1. The van der Waals surface area contributed by atoms with Crippen molar-refractivity contribution in [3.05, 3.63) is 52.5 Å². The van der Waals surface area contributed by atoms with Crippen LogP contribution in [0.2, 0.25) is 0 Å². The van der Waals surface area contributed by atoms with Gasteiger partial charge in [-0.1, -0.05) is 41.1 Å². The predicted octanol–water partition coefficient (Wildman–Crippen LogP) is 5.48. The number of thiazole rings is 1. The predicted molar refractivity (Wildman–Crippen MR) is 127 cm³/mol. The van der Waals surface area contributed by atoms with Crippen LogP contribution in [-0.2, 0) is 0 Å². The Balaban J connectivity index is 0.00000300. The fraction of sp³-hybridized carbons (Fsp3) is 0.333. The molecule has 3 rings (SSSR count). The Hall–Kier alpha value is -1.67. The number of halogens is 2. The molecule has 0 N–H and O–H groups in total. The number of carbonyl (C=O) groups excluding carboxylic acids is 1. The van der Waals surface area contributed by atoms with Gasteiger partial charge >= 0.3 is 0 Å². The molecule has 0 aliphatic heterocycles. The van der Waals surface area contributed by atoms with E-state index in [1.54, 1.807) is 12.0 Å². The fourth-order valence-corrected chi connectivity index (χ4v) is 4.19. The van der Waals surface area contributed by atoms with E-state index in [-0.39, 0.29) is 18.3 Å². The summed E-state index contributed by atoms with van der Waals surface area (Å²) in [5.41, 5.74) is 1.50. The zero-order valence-electron chi connectivity index (χ0n) is 16.7. The van der Waals surface area contributed by atoms with Crippen molar-refractivity contribution in [2.24, 2.45) is 0 Å². The number of hydrogen-bond acceptors (Lipinski definition) is 5. The summed E-state index contributed by atoms with van der Waals surface area (Å²) >= 11 is 4.96. The van der Waals surface area contributed by atoms with Gasteiger partial charge in [0.05, 0.1) is 17.3 Å². The van der Waals surface area contributed by atoms with Crippen LogP contribution < -0.4 is 9.64 Å². The molecule has 29 heavy (non-hydrogen) atoms. The van der Waals surface area contributed by atoms with E-state index in [0.717, 1.165) is 40.1 Å². The number of fused-ring (bicyclic) bond motifs is 1. The molecule has 156 valence electrons. The zero-order chi connectivity index (χ0) is 20.1. The highest BCUT2D eigenvalue weighted by molar-refractivity contribution is 9.10. The highest BCUT2D eigenvalue weighted by atomic mass is 79.9. The maximum absolute atomic E-state index is 13.3. The molecule has 1 amide bonds. The van der Waals surface area contributed by atoms with Gasteiger partial charge in [0, 0.05) is 29.2 Å². The highest BCUT2D eigenvalue weighted by Gasteiger charge is 2.22. The molecular formula is C21H25BrClN3O2S. The Labute approximate surface area is 190 Å².